The number of carbonyl (C=O) groups excluding carboxylic acids is 3. The summed E-state index contributed by atoms with van der Waals surface area (Å²) in [5, 5.41) is 4.57. The highest BCUT2D eigenvalue weighted by atomic mass is 16.2. The number of nitrogens with zero attached hydrogens (tertiary/aromatic N) is 2. The first kappa shape index (κ1) is 16.2. The van der Waals surface area contributed by atoms with Crippen molar-refractivity contribution in [2.75, 3.05) is 20.1 Å². The maximum atomic E-state index is 12.3. The third kappa shape index (κ3) is 3.34. The molecule has 10 nitrogen and oxygen atoms in total. The van der Waals surface area contributed by atoms with Crippen LogP contribution >= 0.6 is 0 Å². The van der Waals surface area contributed by atoms with Gasteiger partial charge in [0.2, 0.25) is 11.9 Å². The van der Waals surface area contributed by atoms with Crippen molar-refractivity contribution in [2.24, 2.45) is 28.1 Å². The van der Waals surface area contributed by atoms with Crippen LogP contribution in [0.5, 0.6) is 0 Å². The Morgan fingerprint density at radius 3 is 2.73 bits per heavy atom. The molecule has 0 aromatic rings. The van der Waals surface area contributed by atoms with Crippen LogP contribution in [0.4, 0.5) is 4.79 Å². The molecule has 1 unspecified atom stereocenters. The van der Waals surface area contributed by atoms with Crippen molar-refractivity contribution in [3.8, 4) is 0 Å². The van der Waals surface area contributed by atoms with Crippen molar-refractivity contribution in [3.05, 3.63) is 0 Å². The van der Waals surface area contributed by atoms with Crippen LogP contribution in [0.1, 0.15) is 12.8 Å². The number of carbonyl (C=O) groups is 3. The van der Waals surface area contributed by atoms with Gasteiger partial charge in [0, 0.05) is 19.0 Å². The van der Waals surface area contributed by atoms with Gasteiger partial charge >= 0.3 is 6.03 Å². The molecule has 1 fully saturated rings. The van der Waals surface area contributed by atoms with Gasteiger partial charge in [0.15, 0.2) is 0 Å². The van der Waals surface area contributed by atoms with Crippen LogP contribution in [0.3, 0.4) is 0 Å². The topological polar surface area (TPSA) is 169 Å². The summed E-state index contributed by atoms with van der Waals surface area (Å²) >= 11 is 0. The minimum atomic E-state index is -0.825. The van der Waals surface area contributed by atoms with Crippen LogP contribution < -0.4 is 27.8 Å². The molecule has 22 heavy (non-hydrogen) atoms. The van der Waals surface area contributed by atoms with Gasteiger partial charge in [-0.1, -0.05) is 0 Å². The SMILES string of the molecule is CN(C(=O)C[C@@]1(N)C[C@H]1CN)C1CN=C(NC(N)=O)NC1=O. The zero-order valence-electron chi connectivity index (χ0n) is 12.3. The lowest BCUT2D eigenvalue weighted by Gasteiger charge is -2.30. The second kappa shape index (κ2) is 5.89. The Labute approximate surface area is 127 Å². The summed E-state index contributed by atoms with van der Waals surface area (Å²) in [5.74, 6) is -0.545. The van der Waals surface area contributed by atoms with E-state index < -0.39 is 23.5 Å². The predicted molar refractivity (Wildman–Crippen MR) is 78.4 cm³/mol. The summed E-state index contributed by atoms with van der Waals surface area (Å²) in [6.07, 6.45) is 0.857. The van der Waals surface area contributed by atoms with Gasteiger partial charge in [-0.3, -0.25) is 20.2 Å². The standard InChI is InChI=1S/C12H21N7O3/c1-19(8(20)3-12(15)2-6(12)4-13)7-5-16-11(17-9(7)21)18-10(14)22/h6-7H,2-5,13,15H2,1H3,(H4,14,16,17,18,21,22)/t6-,7?,12-/m0/s1. The van der Waals surface area contributed by atoms with Crippen molar-refractivity contribution >= 4 is 23.8 Å². The van der Waals surface area contributed by atoms with Crippen LogP contribution in [0.15, 0.2) is 4.99 Å². The fraction of sp³-hybridized carbons (Fsp3) is 0.667. The number of guanidine groups is 1. The first-order valence-electron chi connectivity index (χ1n) is 6.93. The average Bonchev–Trinajstić information content (AvgIpc) is 3.07. The number of hydrogen-bond donors (Lipinski definition) is 5. The van der Waals surface area contributed by atoms with Crippen molar-refractivity contribution in [1.82, 2.24) is 15.5 Å². The van der Waals surface area contributed by atoms with E-state index in [4.69, 9.17) is 17.2 Å². The van der Waals surface area contributed by atoms with Crippen LogP contribution in [-0.2, 0) is 9.59 Å². The molecule has 1 aliphatic carbocycles. The lowest BCUT2D eigenvalue weighted by atomic mass is 10.1. The van der Waals surface area contributed by atoms with E-state index in [9.17, 15) is 14.4 Å². The second-order valence-corrected chi connectivity index (χ2v) is 5.73. The Kier molecular flexibility index (Phi) is 4.33. The Hall–Kier alpha value is -2.20. The van der Waals surface area contributed by atoms with E-state index in [0.717, 1.165) is 0 Å². The summed E-state index contributed by atoms with van der Waals surface area (Å²) in [7, 11) is 1.53. The summed E-state index contributed by atoms with van der Waals surface area (Å²) < 4.78 is 0. The largest absolute Gasteiger partial charge is 0.351 e. The van der Waals surface area contributed by atoms with E-state index in [1.54, 1.807) is 0 Å². The van der Waals surface area contributed by atoms with E-state index >= 15 is 0 Å². The zero-order chi connectivity index (χ0) is 16.5. The molecule has 0 spiro atoms. The molecule has 0 bridgehead atoms. The smallest absolute Gasteiger partial charge is 0.318 e. The Morgan fingerprint density at radius 2 is 2.23 bits per heavy atom. The van der Waals surface area contributed by atoms with Gasteiger partial charge in [-0.2, -0.15) is 0 Å². The second-order valence-electron chi connectivity index (χ2n) is 5.73. The number of hydrogen-bond acceptors (Lipinski definition) is 6. The van der Waals surface area contributed by atoms with Crippen LogP contribution in [0.25, 0.3) is 0 Å². The molecular weight excluding hydrogens is 290 g/mol. The lowest BCUT2D eigenvalue weighted by Crippen LogP contribution is -2.58. The van der Waals surface area contributed by atoms with Crippen molar-refractivity contribution in [3.63, 3.8) is 0 Å². The number of nitrogens with one attached hydrogen (secondary N) is 2. The molecule has 3 atom stereocenters. The van der Waals surface area contributed by atoms with Gasteiger partial charge in [0.1, 0.15) is 6.04 Å². The molecule has 1 heterocycles. The van der Waals surface area contributed by atoms with E-state index in [1.807, 2.05) is 0 Å². The highest BCUT2D eigenvalue weighted by Crippen LogP contribution is 2.43. The van der Waals surface area contributed by atoms with Crippen molar-refractivity contribution < 1.29 is 14.4 Å². The molecule has 8 N–H and O–H groups in total. The van der Waals surface area contributed by atoms with Crippen LogP contribution in [0, 0.1) is 5.92 Å². The van der Waals surface area contributed by atoms with E-state index in [0.29, 0.717) is 13.0 Å². The van der Waals surface area contributed by atoms with E-state index in [1.165, 1.54) is 11.9 Å². The van der Waals surface area contributed by atoms with E-state index in [2.05, 4.69) is 15.6 Å². The van der Waals surface area contributed by atoms with Gasteiger partial charge in [0.05, 0.1) is 6.54 Å². The minimum absolute atomic E-state index is 0.0183. The molecule has 2 rings (SSSR count). The Balaban J connectivity index is 1.94. The molecule has 1 saturated carbocycles. The lowest BCUT2D eigenvalue weighted by molar-refractivity contribution is -0.138. The molecular formula is C12H21N7O3. The molecule has 0 saturated heterocycles. The zero-order valence-corrected chi connectivity index (χ0v) is 12.3. The quantitative estimate of drug-likeness (QED) is 0.373. The van der Waals surface area contributed by atoms with E-state index in [-0.39, 0.29) is 30.8 Å². The number of rotatable bonds is 4. The normalized spacial score (nSPS) is 30.1. The monoisotopic (exact) mass is 311 g/mol. The fourth-order valence-electron chi connectivity index (χ4n) is 2.50. The molecule has 1 aliphatic heterocycles. The number of likely N-dealkylation sites (N-methyl/N-ethyl adjacent to an activating group) is 1. The van der Waals surface area contributed by atoms with Gasteiger partial charge < -0.3 is 22.1 Å². The third-order valence-electron chi connectivity index (χ3n) is 4.11. The minimum Gasteiger partial charge on any atom is -0.351 e. The molecule has 2 aliphatic rings. The van der Waals surface area contributed by atoms with Gasteiger partial charge in [-0.25, -0.2) is 9.79 Å². The average molecular weight is 311 g/mol. The highest BCUT2D eigenvalue weighted by molar-refractivity contribution is 6.07. The molecule has 4 amide bonds. The molecule has 0 radical (unpaired) electrons. The first-order valence-corrected chi connectivity index (χ1v) is 6.93. The maximum Gasteiger partial charge on any atom is 0.318 e. The number of primary amides is 1. The Bertz CT molecular complexity index is 535. The molecule has 10 heteroatoms. The Morgan fingerprint density at radius 1 is 1.55 bits per heavy atom. The summed E-state index contributed by atoms with van der Waals surface area (Å²) in [6, 6.07) is -1.57. The molecule has 0 aromatic carbocycles. The predicted octanol–water partition coefficient (Wildman–Crippen LogP) is -2.97. The number of nitrogens with two attached hydrogens (primary N) is 3. The van der Waals surface area contributed by atoms with Crippen LogP contribution in [-0.4, -0.2) is 60.4 Å². The summed E-state index contributed by atoms with van der Waals surface area (Å²) in [6.45, 7) is 0.491. The van der Waals surface area contributed by atoms with Crippen molar-refractivity contribution in [1.29, 1.82) is 0 Å². The van der Waals surface area contributed by atoms with Crippen LogP contribution in [0.2, 0.25) is 0 Å². The third-order valence-corrected chi connectivity index (χ3v) is 4.11. The summed E-state index contributed by atoms with van der Waals surface area (Å²) in [4.78, 5) is 40.3. The molecule has 0 aromatic heterocycles. The van der Waals surface area contributed by atoms with Crippen molar-refractivity contribution in [2.45, 2.75) is 24.4 Å². The maximum absolute atomic E-state index is 12.3. The number of urea groups is 1. The fourth-order valence-corrected chi connectivity index (χ4v) is 2.50. The highest BCUT2D eigenvalue weighted by Gasteiger charge is 2.51. The number of aliphatic imine (C=N–C) groups is 1. The molecule has 122 valence electrons. The van der Waals surface area contributed by atoms with Gasteiger partial charge in [-0.05, 0) is 18.9 Å². The summed E-state index contributed by atoms with van der Waals surface area (Å²) in [5.41, 5.74) is 16.0. The number of amides is 4. The van der Waals surface area contributed by atoms with Gasteiger partial charge in [0.25, 0.3) is 5.91 Å². The first-order chi connectivity index (χ1) is 10.3. The van der Waals surface area contributed by atoms with Gasteiger partial charge in [-0.15, -0.1) is 0 Å².